The number of H-pyrrole nitrogens is 1. The lowest BCUT2D eigenvalue weighted by atomic mass is 10.5. The van der Waals surface area contributed by atoms with E-state index in [0.717, 1.165) is 0 Å². The normalized spacial score (nSPS) is 8.80. The molecule has 4 heteroatoms. The van der Waals surface area contributed by atoms with Crippen molar-refractivity contribution >= 4 is 12.8 Å². The molecular weight excluding hydrogens is 134 g/mol. The summed E-state index contributed by atoms with van der Waals surface area (Å²) in [7, 11) is 0. The molecule has 1 rings (SSSR count). The second-order valence-electron chi connectivity index (χ2n) is 1.61. The standard InChI is InChI=1S/C6H5NO3/c8-3-5-1-2-6(7-5)10-4-9/h1-4,7H. The van der Waals surface area contributed by atoms with Crippen LogP contribution in [0.1, 0.15) is 10.5 Å². The number of aromatic amines is 1. The Labute approximate surface area is 56.8 Å². The summed E-state index contributed by atoms with van der Waals surface area (Å²) in [6.07, 6.45) is 0.637. The van der Waals surface area contributed by atoms with Gasteiger partial charge in [0, 0.05) is 6.07 Å². The van der Waals surface area contributed by atoms with Gasteiger partial charge in [-0.15, -0.1) is 0 Å². The van der Waals surface area contributed by atoms with Crippen molar-refractivity contribution in [2.75, 3.05) is 0 Å². The molecule has 0 fully saturated rings. The summed E-state index contributed by atoms with van der Waals surface area (Å²) in [6, 6.07) is 3.02. The quantitative estimate of drug-likeness (QED) is 0.615. The second-order valence-corrected chi connectivity index (χ2v) is 1.61. The maximum absolute atomic E-state index is 10.0. The molecule has 0 aliphatic carbocycles. The number of aldehydes is 1. The molecule has 0 saturated heterocycles. The summed E-state index contributed by atoms with van der Waals surface area (Å²) in [4.78, 5) is 22.3. The monoisotopic (exact) mass is 139 g/mol. The van der Waals surface area contributed by atoms with E-state index in [1.165, 1.54) is 12.1 Å². The molecule has 0 radical (unpaired) electrons. The summed E-state index contributed by atoms with van der Waals surface area (Å²) < 4.78 is 4.39. The van der Waals surface area contributed by atoms with Crippen LogP contribution in [0.2, 0.25) is 0 Å². The van der Waals surface area contributed by atoms with Crippen LogP contribution in [0.5, 0.6) is 5.88 Å². The van der Waals surface area contributed by atoms with Gasteiger partial charge >= 0.3 is 0 Å². The third-order valence-corrected chi connectivity index (χ3v) is 0.984. The molecule has 0 bridgehead atoms. The Kier molecular flexibility index (Phi) is 1.84. The van der Waals surface area contributed by atoms with E-state index in [2.05, 4.69) is 9.72 Å². The molecule has 1 N–H and O–H groups in total. The summed E-state index contributed by atoms with van der Waals surface area (Å²) in [5, 5.41) is 0. The number of carbonyl (C=O) groups excluding carboxylic acids is 2. The van der Waals surface area contributed by atoms with Gasteiger partial charge in [0.15, 0.2) is 6.29 Å². The van der Waals surface area contributed by atoms with E-state index in [1.54, 1.807) is 0 Å². The lowest BCUT2D eigenvalue weighted by Gasteiger charge is -1.87. The zero-order valence-corrected chi connectivity index (χ0v) is 5.03. The molecule has 1 heterocycles. The van der Waals surface area contributed by atoms with Crippen LogP contribution in [-0.2, 0) is 4.79 Å². The largest absolute Gasteiger partial charge is 0.412 e. The first kappa shape index (κ1) is 6.54. The minimum Gasteiger partial charge on any atom is -0.412 e. The summed E-state index contributed by atoms with van der Waals surface area (Å²) in [5.74, 6) is 0.275. The van der Waals surface area contributed by atoms with Gasteiger partial charge in [-0.3, -0.25) is 9.59 Å². The number of hydrogen-bond donors (Lipinski definition) is 1. The van der Waals surface area contributed by atoms with Gasteiger partial charge in [0.25, 0.3) is 6.47 Å². The molecule has 4 nitrogen and oxygen atoms in total. The third-order valence-electron chi connectivity index (χ3n) is 0.984. The predicted molar refractivity (Wildman–Crippen MR) is 32.9 cm³/mol. The number of aromatic nitrogens is 1. The first-order valence-electron chi connectivity index (χ1n) is 2.61. The van der Waals surface area contributed by atoms with Gasteiger partial charge in [0.1, 0.15) is 0 Å². The van der Waals surface area contributed by atoms with E-state index < -0.39 is 0 Å². The van der Waals surface area contributed by atoms with Crippen LogP contribution in [0.15, 0.2) is 12.1 Å². The number of carbonyl (C=O) groups is 2. The molecule has 1 aromatic heterocycles. The summed E-state index contributed by atoms with van der Waals surface area (Å²) in [6.45, 7) is 0.292. The molecular formula is C6H5NO3. The molecule has 0 unspecified atom stereocenters. The summed E-state index contributed by atoms with van der Waals surface area (Å²) in [5.41, 5.74) is 0.386. The minimum atomic E-state index is 0.275. The molecule has 0 aliphatic rings. The molecule has 0 atom stereocenters. The smallest absolute Gasteiger partial charge is 0.299 e. The van der Waals surface area contributed by atoms with Crippen LogP contribution in [0.3, 0.4) is 0 Å². The van der Waals surface area contributed by atoms with Crippen LogP contribution in [0.4, 0.5) is 0 Å². The average Bonchev–Trinajstić information content (AvgIpc) is 2.37. The van der Waals surface area contributed by atoms with E-state index in [0.29, 0.717) is 18.5 Å². The number of ether oxygens (including phenoxy) is 1. The van der Waals surface area contributed by atoms with Gasteiger partial charge in [0.2, 0.25) is 5.88 Å². The van der Waals surface area contributed by atoms with Gasteiger partial charge in [-0.05, 0) is 6.07 Å². The molecule has 0 saturated carbocycles. The van der Waals surface area contributed by atoms with Crippen LogP contribution >= 0.6 is 0 Å². The Hall–Kier alpha value is -1.58. The number of hydrogen-bond acceptors (Lipinski definition) is 3. The van der Waals surface area contributed by atoms with E-state index in [9.17, 15) is 9.59 Å². The van der Waals surface area contributed by atoms with Crippen LogP contribution in [0, 0.1) is 0 Å². The predicted octanol–water partition coefficient (Wildman–Crippen LogP) is 0.362. The second kappa shape index (κ2) is 2.82. The Morgan fingerprint density at radius 2 is 2.20 bits per heavy atom. The lowest BCUT2D eigenvalue weighted by Crippen LogP contribution is -1.88. The maximum atomic E-state index is 10.0. The molecule has 0 spiro atoms. The van der Waals surface area contributed by atoms with E-state index in [-0.39, 0.29) is 5.88 Å². The van der Waals surface area contributed by atoms with Crippen molar-refractivity contribution in [3.63, 3.8) is 0 Å². The number of nitrogens with one attached hydrogen (secondary N) is 1. The molecule has 1 aromatic rings. The molecule has 52 valence electrons. The van der Waals surface area contributed by atoms with Crippen LogP contribution in [0.25, 0.3) is 0 Å². The SMILES string of the molecule is O=COc1ccc(C=O)[nH]1. The fourth-order valence-electron chi connectivity index (χ4n) is 0.580. The van der Waals surface area contributed by atoms with Crippen LogP contribution in [-0.4, -0.2) is 17.7 Å². The zero-order valence-electron chi connectivity index (χ0n) is 5.03. The average molecular weight is 139 g/mol. The lowest BCUT2D eigenvalue weighted by molar-refractivity contribution is -0.120. The summed E-state index contributed by atoms with van der Waals surface area (Å²) >= 11 is 0. The Bertz CT molecular complexity index is 241. The molecule has 10 heavy (non-hydrogen) atoms. The Morgan fingerprint density at radius 1 is 1.40 bits per heavy atom. The Balaban J connectivity index is 2.77. The van der Waals surface area contributed by atoms with Gasteiger partial charge in [0.05, 0.1) is 5.69 Å². The van der Waals surface area contributed by atoms with Crippen molar-refractivity contribution in [2.45, 2.75) is 0 Å². The van der Waals surface area contributed by atoms with Gasteiger partial charge in [-0.25, -0.2) is 0 Å². The van der Waals surface area contributed by atoms with Crippen molar-refractivity contribution in [3.8, 4) is 5.88 Å². The highest BCUT2D eigenvalue weighted by atomic mass is 16.5. The Morgan fingerprint density at radius 3 is 2.70 bits per heavy atom. The maximum Gasteiger partial charge on any atom is 0.299 e. The van der Waals surface area contributed by atoms with Crippen LogP contribution < -0.4 is 4.74 Å². The highest BCUT2D eigenvalue weighted by Gasteiger charge is 1.95. The first-order valence-corrected chi connectivity index (χ1v) is 2.61. The zero-order chi connectivity index (χ0) is 7.40. The van der Waals surface area contributed by atoms with Crippen molar-refractivity contribution in [1.82, 2.24) is 4.98 Å². The van der Waals surface area contributed by atoms with E-state index in [1.807, 2.05) is 0 Å². The minimum absolute atomic E-state index is 0.275. The van der Waals surface area contributed by atoms with Crippen molar-refractivity contribution in [1.29, 1.82) is 0 Å². The first-order chi connectivity index (χ1) is 4.86. The van der Waals surface area contributed by atoms with E-state index in [4.69, 9.17) is 0 Å². The number of rotatable bonds is 3. The fourth-order valence-corrected chi connectivity index (χ4v) is 0.580. The molecule has 0 aliphatic heterocycles. The van der Waals surface area contributed by atoms with Gasteiger partial charge in [-0.1, -0.05) is 0 Å². The highest BCUT2D eigenvalue weighted by Crippen LogP contribution is 2.06. The van der Waals surface area contributed by atoms with Gasteiger partial charge < -0.3 is 9.72 Å². The van der Waals surface area contributed by atoms with Crippen molar-refractivity contribution in [3.05, 3.63) is 17.8 Å². The van der Waals surface area contributed by atoms with E-state index >= 15 is 0 Å². The fraction of sp³-hybridized carbons (Fsp3) is 0. The molecule has 0 aromatic carbocycles. The topological polar surface area (TPSA) is 59.2 Å². The third kappa shape index (κ3) is 1.22. The van der Waals surface area contributed by atoms with Gasteiger partial charge in [-0.2, -0.15) is 0 Å². The van der Waals surface area contributed by atoms with Crippen molar-refractivity contribution < 1.29 is 14.3 Å². The highest BCUT2D eigenvalue weighted by molar-refractivity contribution is 5.72. The van der Waals surface area contributed by atoms with Crippen molar-refractivity contribution in [2.24, 2.45) is 0 Å². The molecule has 0 amide bonds.